The molecule has 0 saturated carbocycles. The Labute approximate surface area is 166 Å². The molecule has 1 fully saturated rings. The van der Waals surface area contributed by atoms with Crippen LogP contribution in [0.15, 0.2) is 24.3 Å². The van der Waals surface area contributed by atoms with Crippen molar-refractivity contribution in [3.8, 4) is 5.69 Å². The lowest BCUT2D eigenvalue weighted by molar-refractivity contribution is 0.0797. The molecule has 2 aromatic rings. The molecule has 1 saturated heterocycles. The molecule has 1 N–H and O–H groups in total. The third kappa shape index (κ3) is 4.53. The van der Waals surface area contributed by atoms with E-state index < -0.39 is 0 Å². The Morgan fingerprint density at radius 1 is 1.19 bits per heavy atom. The smallest absolute Gasteiger partial charge is 0.252 e. The molecule has 0 aliphatic carbocycles. The second-order valence-electron chi connectivity index (χ2n) is 8.05. The van der Waals surface area contributed by atoms with E-state index in [1.165, 1.54) is 19.3 Å². The Morgan fingerprint density at radius 2 is 1.89 bits per heavy atom. The maximum Gasteiger partial charge on any atom is 0.252 e. The maximum atomic E-state index is 12.8. The number of carbonyl (C=O) groups excluding carboxylic acids is 1. The summed E-state index contributed by atoms with van der Waals surface area (Å²) in [7, 11) is 0. The number of likely N-dealkylation sites (tertiary alicyclic amines) is 1. The molecule has 27 heavy (non-hydrogen) atoms. The number of hydrogen-bond acceptors (Lipinski definition) is 3. The van der Waals surface area contributed by atoms with Crippen LogP contribution in [0.5, 0.6) is 0 Å². The third-order valence-electron chi connectivity index (χ3n) is 5.34. The van der Waals surface area contributed by atoms with Gasteiger partial charge in [-0.05, 0) is 77.9 Å². The number of carbonyl (C=O) groups is 1. The number of halogens is 1. The first-order valence-electron chi connectivity index (χ1n) is 9.64. The van der Waals surface area contributed by atoms with E-state index in [2.05, 4.69) is 29.2 Å². The highest BCUT2D eigenvalue weighted by Crippen LogP contribution is 2.23. The predicted octanol–water partition coefficient (Wildman–Crippen LogP) is 4.14. The Kier molecular flexibility index (Phi) is 5.92. The number of nitrogens with zero attached hydrogens (tertiary/aromatic N) is 3. The molecule has 1 aromatic carbocycles. The number of piperidine rings is 1. The summed E-state index contributed by atoms with van der Waals surface area (Å²) in [6.07, 6.45) is 3.76. The summed E-state index contributed by atoms with van der Waals surface area (Å²) in [5.41, 5.74) is 3.21. The highest BCUT2D eigenvalue weighted by Gasteiger charge is 2.28. The van der Waals surface area contributed by atoms with Gasteiger partial charge in [-0.15, -0.1) is 0 Å². The van der Waals surface area contributed by atoms with Crippen molar-refractivity contribution in [2.24, 2.45) is 0 Å². The van der Waals surface area contributed by atoms with E-state index in [0.29, 0.717) is 17.1 Å². The number of aryl methyl sites for hydroxylation is 2. The first kappa shape index (κ1) is 19.9. The van der Waals surface area contributed by atoms with Gasteiger partial charge in [-0.2, -0.15) is 5.10 Å². The van der Waals surface area contributed by atoms with Crippen molar-refractivity contribution < 1.29 is 4.79 Å². The largest absolute Gasteiger partial charge is 0.350 e. The molecule has 0 spiro atoms. The van der Waals surface area contributed by atoms with Gasteiger partial charge in [-0.25, -0.2) is 4.68 Å². The van der Waals surface area contributed by atoms with Crippen LogP contribution < -0.4 is 5.32 Å². The van der Waals surface area contributed by atoms with Gasteiger partial charge in [-0.3, -0.25) is 9.69 Å². The molecule has 0 radical (unpaired) electrons. The molecule has 1 aromatic heterocycles. The molecular weight excluding hydrogens is 360 g/mol. The Bertz CT molecular complexity index is 822. The summed E-state index contributed by atoms with van der Waals surface area (Å²) in [4.78, 5) is 15.3. The van der Waals surface area contributed by atoms with E-state index in [4.69, 9.17) is 11.6 Å². The van der Waals surface area contributed by atoms with Crippen LogP contribution in [0.4, 0.5) is 0 Å². The molecular formula is C21H29ClN4O. The third-order valence-corrected chi connectivity index (χ3v) is 5.67. The quantitative estimate of drug-likeness (QED) is 0.837. The molecule has 0 unspecified atom stereocenters. The number of aromatic nitrogens is 2. The van der Waals surface area contributed by atoms with Gasteiger partial charge in [0, 0.05) is 17.8 Å². The zero-order chi connectivity index (χ0) is 19.6. The Morgan fingerprint density at radius 3 is 2.52 bits per heavy atom. The highest BCUT2D eigenvalue weighted by atomic mass is 35.5. The molecule has 0 atom stereocenters. The first-order valence-corrected chi connectivity index (χ1v) is 10.0. The Hall–Kier alpha value is -1.85. The van der Waals surface area contributed by atoms with Gasteiger partial charge in [0.15, 0.2) is 0 Å². The minimum absolute atomic E-state index is 0.0736. The van der Waals surface area contributed by atoms with Crippen molar-refractivity contribution in [1.82, 2.24) is 20.0 Å². The van der Waals surface area contributed by atoms with E-state index >= 15 is 0 Å². The van der Waals surface area contributed by atoms with E-state index in [1.54, 1.807) is 6.07 Å². The van der Waals surface area contributed by atoms with Gasteiger partial charge in [-0.1, -0.05) is 18.0 Å². The second-order valence-corrected chi connectivity index (χ2v) is 8.45. The lowest BCUT2D eigenvalue weighted by atomic mass is 9.98. The molecule has 2 heterocycles. The molecule has 146 valence electrons. The van der Waals surface area contributed by atoms with Gasteiger partial charge in [0.1, 0.15) is 0 Å². The van der Waals surface area contributed by atoms with Crippen molar-refractivity contribution in [2.75, 3.05) is 19.6 Å². The minimum atomic E-state index is -0.145. The average Bonchev–Trinajstić information content (AvgIpc) is 2.99. The van der Waals surface area contributed by atoms with Crippen LogP contribution in [0.2, 0.25) is 5.02 Å². The summed E-state index contributed by atoms with van der Waals surface area (Å²) in [6.45, 7) is 11.1. The molecule has 3 rings (SSSR count). The van der Waals surface area contributed by atoms with E-state index in [-0.39, 0.29) is 11.4 Å². The van der Waals surface area contributed by atoms with E-state index in [0.717, 1.165) is 30.2 Å². The SMILES string of the molecule is Cc1cc(C)n(-c2ccc(Cl)c(C(=O)NCC(C)(C)N3CCCCC3)c2)n1. The van der Waals surface area contributed by atoms with Crippen molar-refractivity contribution in [3.63, 3.8) is 0 Å². The van der Waals surface area contributed by atoms with Crippen molar-refractivity contribution in [1.29, 1.82) is 0 Å². The number of nitrogens with one attached hydrogen (secondary N) is 1. The topological polar surface area (TPSA) is 50.2 Å². The van der Waals surface area contributed by atoms with Crippen molar-refractivity contribution in [3.05, 3.63) is 46.2 Å². The van der Waals surface area contributed by atoms with Crippen LogP contribution in [0.1, 0.15) is 54.9 Å². The van der Waals surface area contributed by atoms with Gasteiger partial charge in [0.05, 0.1) is 22.0 Å². The zero-order valence-electron chi connectivity index (χ0n) is 16.7. The molecule has 0 bridgehead atoms. The second kappa shape index (κ2) is 8.03. The van der Waals surface area contributed by atoms with Crippen LogP contribution in [0, 0.1) is 13.8 Å². The summed E-state index contributed by atoms with van der Waals surface area (Å²) < 4.78 is 1.83. The van der Waals surface area contributed by atoms with Gasteiger partial charge in [0.2, 0.25) is 0 Å². The fraction of sp³-hybridized carbons (Fsp3) is 0.524. The first-order chi connectivity index (χ1) is 12.8. The normalized spacial score (nSPS) is 15.7. The minimum Gasteiger partial charge on any atom is -0.350 e. The van der Waals surface area contributed by atoms with E-state index in [1.807, 2.05) is 36.7 Å². The fourth-order valence-electron chi connectivity index (χ4n) is 3.71. The van der Waals surface area contributed by atoms with Crippen LogP contribution >= 0.6 is 11.6 Å². The predicted molar refractivity (Wildman–Crippen MR) is 110 cm³/mol. The highest BCUT2D eigenvalue weighted by molar-refractivity contribution is 6.33. The summed E-state index contributed by atoms with van der Waals surface area (Å²) in [6, 6.07) is 7.47. The lowest BCUT2D eigenvalue weighted by Crippen LogP contribution is -2.53. The monoisotopic (exact) mass is 388 g/mol. The average molecular weight is 389 g/mol. The van der Waals surface area contributed by atoms with Crippen LogP contribution in [-0.2, 0) is 0 Å². The molecule has 6 heteroatoms. The maximum absolute atomic E-state index is 12.8. The van der Waals surface area contributed by atoms with Gasteiger partial charge >= 0.3 is 0 Å². The van der Waals surface area contributed by atoms with Crippen molar-refractivity contribution in [2.45, 2.75) is 52.5 Å². The fourth-order valence-corrected chi connectivity index (χ4v) is 3.92. The van der Waals surface area contributed by atoms with Crippen molar-refractivity contribution >= 4 is 17.5 Å². The standard InChI is InChI=1S/C21H29ClN4O/c1-15-12-16(2)26(24-15)17-8-9-19(22)18(13-17)20(27)23-14-21(3,4)25-10-6-5-7-11-25/h8-9,12-13H,5-7,10-11,14H2,1-4H3,(H,23,27). The lowest BCUT2D eigenvalue weighted by Gasteiger charge is -2.41. The van der Waals surface area contributed by atoms with Crippen LogP contribution in [0.25, 0.3) is 5.69 Å². The Balaban J connectivity index is 1.74. The zero-order valence-corrected chi connectivity index (χ0v) is 17.4. The molecule has 1 amide bonds. The van der Waals surface area contributed by atoms with Gasteiger partial charge < -0.3 is 5.32 Å². The van der Waals surface area contributed by atoms with Crippen LogP contribution in [0.3, 0.4) is 0 Å². The number of hydrogen-bond donors (Lipinski definition) is 1. The van der Waals surface area contributed by atoms with Gasteiger partial charge in [0.25, 0.3) is 5.91 Å². The molecule has 5 nitrogen and oxygen atoms in total. The summed E-state index contributed by atoms with van der Waals surface area (Å²) in [5, 5.41) is 8.03. The molecule has 1 aliphatic rings. The number of benzene rings is 1. The van der Waals surface area contributed by atoms with Crippen LogP contribution in [-0.4, -0.2) is 45.8 Å². The number of amides is 1. The molecule has 1 aliphatic heterocycles. The van der Waals surface area contributed by atoms with E-state index in [9.17, 15) is 4.79 Å². The number of rotatable bonds is 5. The summed E-state index contributed by atoms with van der Waals surface area (Å²) >= 11 is 6.32. The summed E-state index contributed by atoms with van der Waals surface area (Å²) in [5.74, 6) is -0.145.